The fourth-order valence-electron chi connectivity index (χ4n) is 5.33. The topological polar surface area (TPSA) is 73.4 Å². The Kier molecular flexibility index (Phi) is 5.77. The number of imidazole rings is 1. The van der Waals surface area contributed by atoms with Gasteiger partial charge in [0.25, 0.3) is 5.91 Å². The summed E-state index contributed by atoms with van der Waals surface area (Å²) in [7, 11) is 0. The molecule has 1 fully saturated rings. The summed E-state index contributed by atoms with van der Waals surface area (Å²) in [5.74, 6) is -0.00279. The Morgan fingerprint density at radius 3 is 2.50 bits per heavy atom. The zero-order valence-electron chi connectivity index (χ0n) is 20.1. The lowest BCUT2D eigenvalue weighted by Gasteiger charge is -2.40. The molecule has 0 radical (unpaired) electrons. The second-order valence-electron chi connectivity index (χ2n) is 9.81. The van der Waals surface area contributed by atoms with Gasteiger partial charge in [-0.1, -0.05) is 42.5 Å². The maximum Gasteiger partial charge on any atom is 0.255 e. The van der Waals surface area contributed by atoms with Crippen LogP contribution < -0.4 is 5.01 Å². The van der Waals surface area contributed by atoms with Gasteiger partial charge in [-0.05, 0) is 54.7 Å². The summed E-state index contributed by atoms with van der Waals surface area (Å²) in [4.78, 5) is 19.0. The van der Waals surface area contributed by atoms with Crippen LogP contribution in [0.4, 0.5) is 5.69 Å². The van der Waals surface area contributed by atoms with E-state index in [1.807, 2.05) is 57.1 Å². The Labute approximate surface area is 210 Å². The SMILES string of the molecule is O=C(c1ccc2cncn2c1)N1CCC(O)(CC2CC=NN2c2ccc(-c3ccccc3)cc2)CC1. The monoisotopic (exact) mass is 479 g/mol. The van der Waals surface area contributed by atoms with E-state index in [0.29, 0.717) is 37.9 Å². The maximum absolute atomic E-state index is 13.1. The molecule has 4 heterocycles. The van der Waals surface area contributed by atoms with Crippen molar-refractivity contribution >= 4 is 23.3 Å². The van der Waals surface area contributed by atoms with E-state index in [9.17, 15) is 9.90 Å². The Morgan fingerprint density at radius 2 is 1.72 bits per heavy atom. The number of rotatable bonds is 5. The van der Waals surface area contributed by atoms with Crippen LogP contribution >= 0.6 is 0 Å². The molecular weight excluding hydrogens is 450 g/mol. The van der Waals surface area contributed by atoms with E-state index in [1.165, 1.54) is 11.1 Å². The van der Waals surface area contributed by atoms with Crippen LogP contribution in [-0.4, -0.2) is 56.2 Å². The molecule has 2 aliphatic rings. The first-order chi connectivity index (χ1) is 17.6. The quantitative estimate of drug-likeness (QED) is 0.453. The lowest BCUT2D eigenvalue weighted by molar-refractivity contribution is -0.0269. The third-order valence-electron chi connectivity index (χ3n) is 7.42. The number of anilines is 1. The van der Waals surface area contributed by atoms with E-state index in [2.05, 4.69) is 46.5 Å². The third kappa shape index (κ3) is 4.38. The predicted octanol–water partition coefficient (Wildman–Crippen LogP) is 4.62. The fourth-order valence-corrected chi connectivity index (χ4v) is 5.33. The molecule has 0 aliphatic carbocycles. The zero-order valence-corrected chi connectivity index (χ0v) is 20.1. The summed E-state index contributed by atoms with van der Waals surface area (Å²) < 4.78 is 1.86. The average Bonchev–Trinajstić information content (AvgIpc) is 3.58. The molecule has 4 aromatic rings. The van der Waals surface area contributed by atoms with Crippen LogP contribution in [0.15, 0.2) is 90.6 Å². The molecule has 2 aliphatic heterocycles. The van der Waals surface area contributed by atoms with Crippen molar-refractivity contribution in [2.24, 2.45) is 5.10 Å². The van der Waals surface area contributed by atoms with Crippen molar-refractivity contribution in [3.8, 4) is 11.1 Å². The summed E-state index contributed by atoms with van der Waals surface area (Å²) in [5.41, 5.74) is 4.16. The van der Waals surface area contributed by atoms with Gasteiger partial charge in [-0.2, -0.15) is 5.10 Å². The molecule has 0 saturated carbocycles. The van der Waals surface area contributed by atoms with E-state index in [1.54, 1.807) is 12.5 Å². The number of piperidine rings is 1. The van der Waals surface area contributed by atoms with Crippen LogP contribution in [-0.2, 0) is 0 Å². The minimum atomic E-state index is -0.814. The Bertz CT molecular complexity index is 1390. The average molecular weight is 480 g/mol. The highest BCUT2D eigenvalue weighted by Gasteiger charge is 2.38. The Balaban J connectivity index is 1.09. The molecule has 0 bridgehead atoms. The summed E-state index contributed by atoms with van der Waals surface area (Å²) >= 11 is 0. The maximum atomic E-state index is 13.1. The fraction of sp³-hybridized carbons (Fsp3) is 0.276. The number of hydrogen-bond donors (Lipinski definition) is 1. The number of benzene rings is 2. The van der Waals surface area contributed by atoms with Crippen LogP contribution in [0.1, 0.15) is 36.0 Å². The van der Waals surface area contributed by atoms with Crippen molar-refractivity contribution < 1.29 is 9.90 Å². The lowest BCUT2D eigenvalue weighted by atomic mass is 9.84. The molecule has 7 nitrogen and oxygen atoms in total. The molecule has 1 amide bonds. The molecule has 1 N–H and O–H groups in total. The molecular formula is C29H29N5O2. The second kappa shape index (κ2) is 9.24. The number of amides is 1. The first-order valence-corrected chi connectivity index (χ1v) is 12.5. The van der Waals surface area contributed by atoms with E-state index >= 15 is 0 Å². The number of aromatic nitrogens is 2. The van der Waals surface area contributed by atoms with Crippen molar-refractivity contribution in [1.29, 1.82) is 0 Å². The van der Waals surface area contributed by atoms with Crippen molar-refractivity contribution in [2.75, 3.05) is 18.1 Å². The van der Waals surface area contributed by atoms with Gasteiger partial charge in [0.05, 0.1) is 40.9 Å². The van der Waals surface area contributed by atoms with Crippen molar-refractivity contribution in [1.82, 2.24) is 14.3 Å². The number of pyridine rings is 1. The Hall–Kier alpha value is -3.97. The van der Waals surface area contributed by atoms with Crippen molar-refractivity contribution in [2.45, 2.75) is 37.3 Å². The van der Waals surface area contributed by atoms with Gasteiger partial charge >= 0.3 is 0 Å². The normalized spacial score (nSPS) is 19.2. The van der Waals surface area contributed by atoms with E-state index < -0.39 is 5.60 Å². The van der Waals surface area contributed by atoms with Gasteiger partial charge in [0.2, 0.25) is 0 Å². The molecule has 7 heteroatoms. The summed E-state index contributed by atoms with van der Waals surface area (Å²) in [6.45, 7) is 1.08. The summed E-state index contributed by atoms with van der Waals surface area (Å²) in [6, 6.07) is 22.6. The summed E-state index contributed by atoms with van der Waals surface area (Å²) in [6.07, 6.45) is 9.76. The standard InChI is InChI=1S/C29H29N5O2/c35-28(24-8-11-27-19-30-21-33(27)20-24)32-16-13-29(36,14-17-32)18-26-12-15-31-34(26)25-9-6-23(7-10-25)22-4-2-1-3-5-22/h1-11,15,19-21,26,36H,12-14,16-18H2. The van der Waals surface area contributed by atoms with Gasteiger partial charge < -0.3 is 14.4 Å². The van der Waals surface area contributed by atoms with Crippen LogP contribution in [0.2, 0.25) is 0 Å². The number of aliphatic hydroxyl groups is 1. The third-order valence-corrected chi connectivity index (χ3v) is 7.42. The number of nitrogens with zero attached hydrogens (tertiary/aromatic N) is 5. The molecule has 1 atom stereocenters. The number of hydrazone groups is 1. The van der Waals surface area contributed by atoms with Crippen LogP contribution in [0.3, 0.4) is 0 Å². The highest BCUT2D eigenvalue weighted by atomic mass is 16.3. The van der Waals surface area contributed by atoms with Crippen molar-refractivity contribution in [3.05, 3.63) is 91.0 Å². The van der Waals surface area contributed by atoms with Gasteiger partial charge in [0.1, 0.15) is 0 Å². The minimum absolute atomic E-state index is 0.00279. The zero-order chi connectivity index (χ0) is 24.5. The number of hydrogen-bond acceptors (Lipinski definition) is 5. The predicted molar refractivity (Wildman–Crippen MR) is 141 cm³/mol. The molecule has 1 saturated heterocycles. The molecule has 2 aromatic heterocycles. The molecule has 0 spiro atoms. The van der Waals surface area contributed by atoms with Gasteiger partial charge in [0.15, 0.2) is 0 Å². The van der Waals surface area contributed by atoms with E-state index in [-0.39, 0.29) is 11.9 Å². The number of carbonyl (C=O) groups excluding carboxylic acids is 1. The van der Waals surface area contributed by atoms with E-state index in [4.69, 9.17) is 0 Å². The van der Waals surface area contributed by atoms with Crippen LogP contribution in [0, 0.1) is 0 Å². The minimum Gasteiger partial charge on any atom is -0.390 e. The largest absolute Gasteiger partial charge is 0.390 e. The Morgan fingerprint density at radius 1 is 0.972 bits per heavy atom. The number of likely N-dealkylation sites (tertiary alicyclic amines) is 1. The van der Waals surface area contributed by atoms with Crippen LogP contribution in [0.25, 0.3) is 16.6 Å². The number of fused-ring (bicyclic) bond motifs is 1. The molecule has 6 rings (SSSR count). The van der Waals surface area contributed by atoms with Gasteiger partial charge in [-0.3, -0.25) is 9.80 Å². The molecule has 2 aromatic carbocycles. The molecule has 182 valence electrons. The first kappa shape index (κ1) is 22.5. The first-order valence-electron chi connectivity index (χ1n) is 12.5. The highest BCUT2D eigenvalue weighted by Crippen LogP contribution is 2.34. The van der Waals surface area contributed by atoms with Gasteiger partial charge in [0, 0.05) is 31.9 Å². The molecule has 36 heavy (non-hydrogen) atoms. The second-order valence-corrected chi connectivity index (χ2v) is 9.81. The van der Waals surface area contributed by atoms with Crippen LogP contribution in [0.5, 0.6) is 0 Å². The van der Waals surface area contributed by atoms with Gasteiger partial charge in [-0.15, -0.1) is 0 Å². The molecule has 1 unspecified atom stereocenters. The lowest BCUT2D eigenvalue weighted by Crippen LogP contribution is -2.49. The smallest absolute Gasteiger partial charge is 0.255 e. The highest BCUT2D eigenvalue weighted by molar-refractivity contribution is 5.94. The van der Waals surface area contributed by atoms with Crippen molar-refractivity contribution in [3.63, 3.8) is 0 Å². The number of carbonyl (C=O) groups is 1. The summed E-state index contributed by atoms with van der Waals surface area (Å²) in [5, 5.41) is 18.1. The van der Waals surface area contributed by atoms with E-state index in [0.717, 1.165) is 17.6 Å². The van der Waals surface area contributed by atoms with Gasteiger partial charge in [-0.25, -0.2) is 4.98 Å².